The first-order chi connectivity index (χ1) is 19.4. The van der Waals surface area contributed by atoms with Crippen molar-refractivity contribution in [3.05, 3.63) is 10.4 Å². The normalized spacial score (nSPS) is 24.6. The number of hydrogen-bond donors (Lipinski definition) is 0. The van der Waals surface area contributed by atoms with Crippen molar-refractivity contribution in [1.29, 1.82) is 0 Å². The van der Waals surface area contributed by atoms with Crippen molar-refractivity contribution in [2.75, 3.05) is 26.9 Å². The number of ether oxygens (including phenoxy) is 7. The van der Waals surface area contributed by atoms with Gasteiger partial charge >= 0.3 is 30.0 Å². The Balaban J connectivity index is 2.55. The van der Waals surface area contributed by atoms with Crippen LogP contribution in [0.2, 0.25) is 0 Å². The van der Waals surface area contributed by atoms with Gasteiger partial charge in [-0.25, -0.2) is 14.5 Å². The molecule has 2 fully saturated rings. The first-order valence-corrected chi connectivity index (χ1v) is 12.8. The Kier molecular flexibility index (Phi) is 12.3. The summed E-state index contributed by atoms with van der Waals surface area (Å²) < 4.78 is 38.2. The van der Waals surface area contributed by atoms with Crippen LogP contribution in [-0.2, 0) is 57.1 Å². The molecule has 0 aromatic heterocycles. The van der Waals surface area contributed by atoms with Crippen LogP contribution in [0.4, 0.5) is 4.79 Å². The SMILES string of the molecule is COC(=O)[C@@]1(OCCCCCN=[N+]=[N-])C[C@H]2OC(=O)N(C(C)=O)[C@H]2C([C@H](OC(C)=O)[C@@H](COC(C)=O)OC(C)=O)O1. The van der Waals surface area contributed by atoms with E-state index in [1.54, 1.807) is 0 Å². The molecular weight excluding hydrogens is 552 g/mol. The van der Waals surface area contributed by atoms with Crippen LogP contribution in [0.15, 0.2) is 5.11 Å². The van der Waals surface area contributed by atoms with Crippen LogP contribution in [0.3, 0.4) is 0 Å². The molecule has 17 nitrogen and oxygen atoms in total. The highest BCUT2D eigenvalue weighted by molar-refractivity contribution is 5.93. The third kappa shape index (κ3) is 8.77. The second-order valence-electron chi connectivity index (χ2n) is 9.22. The fourth-order valence-electron chi connectivity index (χ4n) is 4.60. The Hall–Kier alpha value is -3.95. The third-order valence-corrected chi connectivity index (χ3v) is 6.16. The van der Waals surface area contributed by atoms with E-state index in [-0.39, 0.29) is 13.2 Å². The first kappa shape index (κ1) is 33.3. The van der Waals surface area contributed by atoms with E-state index in [0.717, 1.165) is 39.7 Å². The summed E-state index contributed by atoms with van der Waals surface area (Å²) in [6.07, 6.45) is -5.86. The van der Waals surface area contributed by atoms with Gasteiger partial charge in [-0.05, 0) is 18.4 Å². The van der Waals surface area contributed by atoms with Gasteiger partial charge in [-0.2, -0.15) is 0 Å². The van der Waals surface area contributed by atoms with Crippen molar-refractivity contribution >= 4 is 35.9 Å². The molecule has 0 aromatic carbocycles. The number of rotatable bonds is 14. The molecule has 0 aliphatic carbocycles. The zero-order valence-corrected chi connectivity index (χ0v) is 23.4. The zero-order valence-electron chi connectivity index (χ0n) is 23.4. The molecule has 17 heteroatoms. The number of imide groups is 1. The van der Waals surface area contributed by atoms with Crippen molar-refractivity contribution in [3.8, 4) is 0 Å². The van der Waals surface area contributed by atoms with E-state index < -0.39 is 85.2 Å². The Morgan fingerprint density at radius 2 is 1.76 bits per heavy atom. The highest BCUT2D eigenvalue weighted by Gasteiger charge is 2.64. The lowest BCUT2D eigenvalue weighted by Gasteiger charge is -2.46. The predicted octanol–water partition coefficient (Wildman–Crippen LogP) is 1.30. The maximum absolute atomic E-state index is 13.1. The molecule has 0 saturated carbocycles. The highest BCUT2D eigenvalue weighted by atomic mass is 16.7. The molecule has 2 aliphatic heterocycles. The third-order valence-electron chi connectivity index (χ3n) is 6.16. The smallest absolute Gasteiger partial charge is 0.417 e. The largest absolute Gasteiger partial charge is 0.465 e. The van der Waals surface area contributed by atoms with E-state index >= 15 is 0 Å². The number of amides is 2. The standard InChI is InChI=1S/C24H34N4O13/c1-13(29)28-19-17(40-23(28)34)11-24(22(33)35-5,37-10-8-6-7-9-26-27-25)41-21(19)20(39-16(4)32)18(38-15(3)31)12-36-14(2)30/h17-21H,6-12H2,1-5H3/t17-,18-,19-,20-,21?,24-/m1/s1. The molecule has 2 heterocycles. The van der Waals surface area contributed by atoms with Crippen molar-refractivity contribution in [2.45, 2.75) is 89.6 Å². The molecule has 0 N–H and O–H groups in total. The summed E-state index contributed by atoms with van der Waals surface area (Å²) in [5.74, 6) is -6.44. The fraction of sp³-hybridized carbons (Fsp3) is 0.750. The molecule has 2 amide bonds. The van der Waals surface area contributed by atoms with Crippen molar-refractivity contribution in [1.82, 2.24) is 4.90 Å². The summed E-state index contributed by atoms with van der Waals surface area (Å²) >= 11 is 0. The van der Waals surface area contributed by atoms with Gasteiger partial charge in [0.25, 0.3) is 5.79 Å². The van der Waals surface area contributed by atoms with Crippen LogP contribution in [0.5, 0.6) is 0 Å². The average Bonchev–Trinajstić information content (AvgIpc) is 3.23. The summed E-state index contributed by atoms with van der Waals surface area (Å²) in [4.78, 5) is 77.5. The maximum atomic E-state index is 13.1. The Labute approximate surface area is 235 Å². The van der Waals surface area contributed by atoms with Gasteiger partial charge in [0.2, 0.25) is 5.91 Å². The van der Waals surface area contributed by atoms with Gasteiger partial charge in [0.1, 0.15) is 24.9 Å². The predicted molar refractivity (Wildman–Crippen MR) is 132 cm³/mol. The topological polar surface area (TPSA) is 219 Å². The van der Waals surface area contributed by atoms with E-state index in [9.17, 15) is 28.8 Å². The van der Waals surface area contributed by atoms with Crippen molar-refractivity contribution in [2.24, 2.45) is 5.11 Å². The van der Waals surface area contributed by atoms with Gasteiger partial charge in [-0.3, -0.25) is 19.2 Å². The monoisotopic (exact) mass is 586 g/mol. The summed E-state index contributed by atoms with van der Waals surface area (Å²) in [5, 5.41) is 3.45. The number of esters is 4. The van der Waals surface area contributed by atoms with Crippen LogP contribution in [0.25, 0.3) is 10.4 Å². The lowest BCUT2D eigenvalue weighted by atomic mass is 9.88. The lowest BCUT2D eigenvalue weighted by molar-refractivity contribution is -0.311. The summed E-state index contributed by atoms with van der Waals surface area (Å²) in [5.41, 5.74) is 8.40. The van der Waals surface area contributed by atoms with Crippen LogP contribution >= 0.6 is 0 Å². The maximum Gasteiger partial charge on any atom is 0.417 e. The van der Waals surface area contributed by atoms with Crippen molar-refractivity contribution in [3.63, 3.8) is 0 Å². The summed E-state index contributed by atoms with van der Waals surface area (Å²) in [6, 6.07) is -1.27. The quantitative estimate of drug-likeness (QED) is 0.0700. The molecule has 2 rings (SSSR count). The van der Waals surface area contributed by atoms with Gasteiger partial charge in [0, 0.05) is 39.2 Å². The van der Waals surface area contributed by atoms with E-state index in [4.69, 9.17) is 38.7 Å². The van der Waals surface area contributed by atoms with E-state index in [2.05, 4.69) is 10.0 Å². The fourth-order valence-corrected chi connectivity index (χ4v) is 4.60. The van der Waals surface area contributed by atoms with Gasteiger partial charge < -0.3 is 33.2 Å². The Morgan fingerprint density at radius 3 is 2.32 bits per heavy atom. The van der Waals surface area contributed by atoms with Gasteiger partial charge in [0.15, 0.2) is 12.2 Å². The molecule has 2 aliphatic rings. The van der Waals surface area contributed by atoms with E-state index in [0.29, 0.717) is 19.3 Å². The highest BCUT2D eigenvalue weighted by Crippen LogP contribution is 2.42. The molecule has 0 bridgehead atoms. The average molecular weight is 587 g/mol. The summed E-state index contributed by atoms with van der Waals surface area (Å²) in [7, 11) is 1.08. The van der Waals surface area contributed by atoms with E-state index in [1.165, 1.54) is 0 Å². The second kappa shape index (κ2) is 15.2. The number of methoxy groups -OCH3 is 1. The number of nitrogens with zero attached hydrogens (tertiary/aromatic N) is 4. The van der Waals surface area contributed by atoms with Gasteiger partial charge in [-0.15, -0.1) is 0 Å². The molecular formula is C24H34N4O13. The van der Waals surface area contributed by atoms with Crippen molar-refractivity contribution < 1.29 is 61.9 Å². The lowest BCUT2D eigenvalue weighted by Crippen LogP contribution is -2.67. The number of hydrogen-bond acceptors (Lipinski definition) is 14. The minimum absolute atomic E-state index is 0.0566. The molecule has 1 unspecified atom stereocenters. The van der Waals surface area contributed by atoms with Crippen LogP contribution in [0.1, 0.15) is 53.4 Å². The minimum atomic E-state index is -2.21. The summed E-state index contributed by atoms with van der Waals surface area (Å²) in [6.45, 7) is 3.91. The number of carbonyl (C=O) groups excluding carboxylic acids is 6. The molecule has 2 saturated heterocycles. The molecule has 0 spiro atoms. The first-order valence-electron chi connectivity index (χ1n) is 12.8. The molecule has 6 atom stereocenters. The number of azide groups is 1. The van der Waals surface area contributed by atoms with Crippen LogP contribution < -0.4 is 0 Å². The van der Waals surface area contributed by atoms with Gasteiger partial charge in [-0.1, -0.05) is 11.5 Å². The van der Waals surface area contributed by atoms with Gasteiger partial charge in [0.05, 0.1) is 20.1 Å². The minimum Gasteiger partial charge on any atom is -0.465 e. The zero-order chi connectivity index (χ0) is 30.7. The Bertz CT molecular complexity index is 1060. The van der Waals surface area contributed by atoms with E-state index in [1.807, 2.05) is 0 Å². The number of fused-ring (bicyclic) bond motifs is 1. The van der Waals surface area contributed by atoms with Crippen LogP contribution in [0, 0.1) is 0 Å². The molecule has 0 radical (unpaired) electrons. The molecule has 0 aromatic rings. The molecule has 41 heavy (non-hydrogen) atoms. The second-order valence-corrected chi connectivity index (χ2v) is 9.22. The number of unbranched alkanes of at least 4 members (excludes halogenated alkanes) is 2. The molecule has 228 valence electrons. The number of carbonyl (C=O) groups is 6. The van der Waals surface area contributed by atoms with Crippen LogP contribution in [-0.4, -0.2) is 104 Å². The Morgan fingerprint density at radius 1 is 1.07 bits per heavy atom.